The molecule has 0 radical (unpaired) electrons. The summed E-state index contributed by atoms with van der Waals surface area (Å²) >= 11 is 5.84. The summed E-state index contributed by atoms with van der Waals surface area (Å²) in [6.45, 7) is 1.72. The Balaban J connectivity index is 1.40. The van der Waals surface area contributed by atoms with E-state index in [1.807, 2.05) is 35.2 Å². The molecule has 0 aliphatic carbocycles. The summed E-state index contributed by atoms with van der Waals surface area (Å²) in [5.41, 5.74) is 1.59. The summed E-state index contributed by atoms with van der Waals surface area (Å²) in [6, 6.07) is 14.7. The van der Waals surface area contributed by atoms with Crippen LogP contribution in [0, 0.1) is 17.7 Å². The minimum absolute atomic E-state index is 0.0890. The molecule has 4 nitrogen and oxygen atoms in total. The molecule has 0 aromatic heterocycles. The molecule has 27 heavy (non-hydrogen) atoms. The third-order valence-electron chi connectivity index (χ3n) is 5.45. The van der Waals surface area contributed by atoms with Crippen molar-refractivity contribution in [2.75, 3.05) is 19.6 Å². The van der Waals surface area contributed by atoms with Gasteiger partial charge in [0.1, 0.15) is 5.82 Å². The fourth-order valence-corrected chi connectivity index (χ4v) is 4.24. The number of carbonyl (C=O) groups excluding carboxylic acids is 2. The van der Waals surface area contributed by atoms with E-state index in [4.69, 9.17) is 11.6 Å². The molecule has 2 fully saturated rings. The van der Waals surface area contributed by atoms with Crippen LogP contribution in [-0.2, 0) is 22.6 Å². The molecular formula is C21H20ClFN2O2. The van der Waals surface area contributed by atoms with Crippen molar-refractivity contribution in [2.24, 2.45) is 11.8 Å². The van der Waals surface area contributed by atoms with E-state index < -0.39 is 5.82 Å². The Kier molecular flexibility index (Phi) is 4.98. The van der Waals surface area contributed by atoms with Crippen LogP contribution < -0.4 is 0 Å². The van der Waals surface area contributed by atoms with Crippen molar-refractivity contribution in [3.63, 3.8) is 0 Å². The zero-order valence-electron chi connectivity index (χ0n) is 14.8. The Labute approximate surface area is 162 Å². The van der Waals surface area contributed by atoms with E-state index in [9.17, 15) is 14.0 Å². The van der Waals surface area contributed by atoms with Crippen LogP contribution in [0.3, 0.4) is 0 Å². The van der Waals surface area contributed by atoms with Crippen LogP contribution >= 0.6 is 11.6 Å². The molecule has 2 aromatic rings. The molecule has 4 rings (SSSR count). The Morgan fingerprint density at radius 1 is 0.963 bits per heavy atom. The Morgan fingerprint density at radius 2 is 1.63 bits per heavy atom. The first-order chi connectivity index (χ1) is 13.0. The quantitative estimate of drug-likeness (QED) is 0.741. The SMILES string of the molecule is O=C1[C@H]2CN(Cc3cccc(Cl)c3F)C[C@H]2C(=O)N1CCc1ccccc1. The van der Waals surface area contributed by atoms with Crippen molar-refractivity contribution in [3.8, 4) is 0 Å². The van der Waals surface area contributed by atoms with Gasteiger partial charge in [0, 0.05) is 31.7 Å². The van der Waals surface area contributed by atoms with Gasteiger partial charge in [-0.05, 0) is 18.1 Å². The van der Waals surface area contributed by atoms with E-state index in [2.05, 4.69) is 0 Å². The molecule has 0 spiro atoms. The molecule has 2 heterocycles. The molecule has 2 aromatic carbocycles. The van der Waals surface area contributed by atoms with E-state index in [0.29, 0.717) is 38.2 Å². The van der Waals surface area contributed by atoms with Gasteiger partial charge in [0.2, 0.25) is 11.8 Å². The maximum atomic E-state index is 14.1. The molecule has 2 amide bonds. The maximum Gasteiger partial charge on any atom is 0.234 e. The Hall–Kier alpha value is -2.24. The van der Waals surface area contributed by atoms with Gasteiger partial charge in [-0.15, -0.1) is 0 Å². The van der Waals surface area contributed by atoms with E-state index in [-0.39, 0.29) is 28.7 Å². The number of benzene rings is 2. The molecule has 2 saturated heterocycles. The highest BCUT2D eigenvalue weighted by atomic mass is 35.5. The number of hydrogen-bond donors (Lipinski definition) is 0. The average molecular weight is 387 g/mol. The number of imide groups is 1. The van der Waals surface area contributed by atoms with Gasteiger partial charge < -0.3 is 0 Å². The lowest BCUT2D eigenvalue weighted by molar-refractivity contribution is -0.140. The standard InChI is InChI=1S/C21H20ClFN2O2/c22-18-8-4-7-15(19(18)23)11-24-12-16-17(13-24)21(27)25(20(16)26)10-9-14-5-2-1-3-6-14/h1-8,16-17H,9-13H2/t16-,17+. The molecule has 2 aliphatic rings. The largest absolute Gasteiger partial charge is 0.297 e. The molecule has 0 bridgehead atoms. The zero-order chi connectivity index (χ0) is 19.0. The highest BCUT2D eigenvalue weighted by molar-refractivity contribution is 6.30. The molecule has 2 atom stereocenters. The second kappa shape index (κ2) is 7.41. The zero-order valence-corrected chi connectivity index (χ0v) is 15.5. The fraction of sp³-hybridized carbons (Fsp3) is 0.333. The van der Waals surface area contributed by atoms with Crippen LogP contribution in [0.4, 0.5) is 4.39 Å². The summed E-state index contributed by atoms with van der Waals surface area (Å²) in [7, 11) is 0. The number of nitrogens with zero attached hydrogens (tertiary/aromatic N) is 2. The first-order valence-corrected chi connectivity index (χ1v) is 9.47. The van der Waals surface area contributed by atoms with Crippen LogP contribution in [0.5, 0.6) is 0 Å². The third-order valence-corrected chi connectivity index (χ3v) is 5.75. The summed E-state index contributed by atoms with van der Waals surface area (Å²) in [5.74, 6) is -1.28. The van der Waals surface area contributed by atoms with Gasteiger partial charge in [-0.3, -0.25) is 19.4 Å². The van der Waals surface area contributed by atoms with E-state index >= 15 is 0 Å². The van der Waals surface area contributed by atoms with Crippen molar-refractivity contribution in [1.29, 1.82) is 0 Å². The smallest absolute Gasteiger partial charge is 0.234 e. The predicted octanol–water partition coefficient (Wildman–Crippen LogP) is 3.14. The fourth-order valence-electron chi connectivity index (χ4n) is 4.04. The van der Waals surface area contributed by atoms with Gasteiger partial charge in [-0.25, -0.2) is 4.39 Å². The minimum atomic E-state index is -0.432. The van der Waals surface area contributed by atoms with Crippen molar-refractivity contribution in [3.05, 3.63) is 70.5 Å². The van der Waals surface area contributed by atoms with Gasteiger partial charge in [-0.1, -0.05) is 54.1 Å². The summed E-state index contributed by atoms with van der Waals surface area (Å²) < 4.78 is 14.1. The molecule has 0 N–H and O–H groups in total. The van der Waals surface area contributed by atoms with Crippen molar-refractivity contribution >= 4 is 23.4 Å². The number of rotatable bonds is 5. The van der Waals surface area contributed by atoms with Crippen LogP contribution in [0.2, 0.25) is 5.02 Å². The summed E-state index contributed by atoms with van der Waals surface area (Å²) in [4.78, 5) is 28.8. The van der Waals surface area contributed by atoms with E-state index in [1.54, 1.807) is 12.1 Å². The van der Waals surface area contributed by atoms with Gasteiger partial charge in [0.15, 0.2) is 0 Å². The third kappa shape index (κ3) is 3.49. The lowest BCUT2D eigenvalue weighted by Gasteiger charge is -2.21. The Morgan fingerprint density at radius 3 is 2.30 bits per heavy atom. The van der Waals surface area contributed by atoms with Crippen molar-refractivity contribution in [2.45, 2.75) is 13.0 Å². The van der Waals surface area contributed by atoms with E-state index in [0.717, 1.165) is 5.56 Å². The van der Waals surface area contributed by atoms with Crippen molar-refractivity contribution < 1.29 is 14.0 Å². The Bertz CT molecular complexity index is 850. The van der Waals surface area contributed by atoms with Crippen molar-refractivity contribution in [1.82, 2.24) is 9.80 Å². The van der Waals surface area contributed by atoms with E-state index in [1.165, 1.54) is 11.0 Å². The number of fused-ring (bicyclic) bond motifs is 1. The number of halogens is 2. The summed E-state index contributed by atoms with van der Waals surface area (Å²) in [6.07, 6.45) is 0.662. The molecule has 0 unspecified atom stereocenters. The normalized spacial score (nSPS) is 22.5. The number of carbonyl (C=O) groups is 2. The minimum Gasteiger partial charge on any atom is -0.297 e. The second-order valence-electron chi connectivity index (χ2n) is 7.18. The summed E-state index contributed by atoms with van der Waals surface area (Å²) in [5, 5.41) is 0.0890. The molecule has 6 heteroatoms. The predicted molar refractivity (Wildman–Crippen MR) is 101 cm³/mol. The average Bonchev–Trinajstić information content (AvgIpc) is 3.18. The highest BCUT2D eigenvalue weighted by Gasteiger charge is 2.51. The van der Waals surface area contributed by atoms with Crippen LogP contribution in [0.15, 0.2) is 48.5 Å². The van der Waals surface area contributed by atoms with Crippen LogP contribution in [0.1, 0.15) is 11.1 Å². The van der Waals surface area contributed by atoms with Crippen LogP contribution in [-0.4, -0.2) is 41.2 Å². The molecule has 2 aliphatic heterocycles. The van der Waals surface area contributed by atoms with Crippen LogP contribution in [0.25, 0.3) is 0 Å². The van der Waals surface area contributed by atoms with Gasteiger partial charge >= 0.3 is 0 Å². The number of hydrogen-bond acceptors (Lipinski definition) is 3. The topological polar surface area (TPSA) is 40.6 Å². The van der Waals surface area contributed by atoms with Gasteiger partial charge in [0.25, 0.3) is 0 Å². The first kappa shape index (κ1) is 18.1. The van der Waals surface area contributed by atoms with Gasteiger partial charge in [-0.2, -0.15) is 0 Å². The van der Waals surface area contributed by atoms with Gasteiger partial charge in [0.05, 0.1) is 16.9 Å². The number of likely N-dealkylation sites (tertiary alicyclic amines) is 2. The lowest BCUT2D eigenvalue weighted by atomic mass is 10.00. The highest BCUT2D eigenvalue weighted by Crippen LogP contribution is 2.34. The lowest BCUT2D eigenvalue weighted by Crippen LogP contribution is -2.37. The molecular weight excluding hydrogens is 367 g/mol. The molecule has 0 saturated carbocycles. The maximum absolute atomic E-state index is 14.1. The second-order valence-corrected chi connectivity index (χ2v) is 7.59. The molecule has 140 valence electrons. The first-order valence-electron chi connectivity index (χ1n) is 9.09. The monoisotopic (exact) mass is 386 g/mol. The number of amides is 2.